The van der Waals surface area contributed by atoms with Gasteiger partial charge in [-0.1, -0.05) is 6.07 Å². The van der Waals surface area contributed by atoms with Crippen molar-refractivity contribution in [2.75, 3.05) is 25.5 Å². The zero-order chi connectivity index (χ0) is 14.5. The van der Waals surface area contributed by atoms with Crippen molar-refractivity contribution in [1.82, 2.24) is 5.32 Å². The van der Waals surface area contributed by atoms with Crippen LogP contribution in [0.15, 0.2) is 18.2 Å². The van der Waals surface area contributed by atoms with E-state index in [1.165, 1.54) is 0 Å². The summed E-state index contributed by atoms with van der Waals surface area (Å²) in [5.74, 6) is -0.0860. The van der Waals surface area contributed by atoms with Crippen molar-refractivity contribution in [3.05, 3.63) is 29.3 Å². The number of rotatable bonds is 6. The number of nitrogens with one attached hydrogen (secondary N) is 2. The Kier molecular flexibility index (Phi) is 5.36. The molecule has 4 heteroatoms. The van der Waals surface area contributed by atoms with Crippen molar-refractivity contribution < 1.29 is 9.53 Å². The molecule has 1 aromatic rings. The zero-order valence-corrected chi connectivity index (χ0v) is 12.5. The van der Waals surface area contributed by atoms with Gasteiger partial charge in [0.25, 0.3) is 5.91 Å². The topological polar surface area (TPSA) is 50.4 Å². The van der Waals surface area contributed by atoms with E-state index in [0.29, 0.717) is 18.7 Å². The molecule has 0 aliphatic rings. The second kappa shape index (κ2) is 6.57. The number of hydrogen-bond donors (Lipinski definition) is 2. The lowest BCUT2D eigenvalue weighted by atomic mass is 10.1. The van der Waals surface area contributed by atoms with Crippen molar-refractivity contribution in [3.8, 4) is 0 Å². The molecule has 1 amide bonds. The second-order valence-electron chi connectivity index (χ2n) is 5.17. The number of carbonyl (C=O) groups is 1. The Hall–Kier alpha value is -1.55. The van der Waals surface area contributed by atoms with Crippen LogP contribution in [0.1, 0.15) is 36.7 Å². The first-order valence-corrected chi connectivity index (χ1v) is 6.60. The minimum Gasteiger partial charge on any atom is -0.387 e. The Morgan fingerprint density at radius 2 is 2.05 bits per heavy atom. The number of amides is 1. The van der Waals surface area contributed by atoms with E-state index in [4.69, 9.17) is 4.74 Å². The lowest BCUT2D eigenvalue weighted by Gasteiger charge is -2.25. The molecule has 0 radical (unpaired) electrons. The summed E-state index contributed by atoms with van der Waals surface area (Å²) in [6.07, 6.45) is 0. The van der Waals surface area contributed by atoms with Gasteiger partial charge in [0.1, 0.15) is 0 Å². The van der Waals surface area contributed by atoms with E-state index in [1.807, 2.05) is 52.9 Å². The van der Waals surface area contributed by atoms with Gasteiger partial charge in [-0.15, -0.1) is 0 Å². The number of aryl methyl sites for hydroxylation is 1. The van der Waals surface area contributed by atoms with Crippen LogP contribution in [-0.2, 0) is 4.74 Å². The third-order valence-corrected chi connectivity index (χ3v) is 2.90. The first-order valence-electron chi connectivity index (χ1n) is 6.60. The van der Waals surface area contributed by atoms with Gasteiger partial charge >= 0.3 is 0 Å². The Bertz CT molecular complexity index is 442. The molecule has 0 atom stereocenters. The van der Waals surface area contributed by atoms with Gasteiger partial charge in [0.15, 0.2) is 0 Å². The fourth-order valence-electron chi connectivity index (χ4n) is 1.89. The SMILES string of the molecule is CCOC(C)(C)CNC(=O)c1ccc(C)cc1NC. The molecular weight excluding hydrogens is 240 g/mol. The number of benzene rings is 1. The van der Waals surface area contributed by atoms with E-state index in [1.54, 1.807) is 0 Å². The molecule has 1 aromatic carbocycles. The van der Waals surface area contributed by atoms with Crippen LogP contribution < -0.4 is 10.6 Å². The highest BCUT2D eigenvalue weighted by atomic mass is 16.5. The molecule has 4 nitrogen and oxygen atoms in total. The fraction of sp³-hybridized carbons (Fsp3) is 0.533. The molecule has 0 spiro atoms. The van der Waals surface area contributed by atoms with Crippen LogP contribution in [0.4, 0.5) is 5.69 Å². The van der Waals surface area contributed by atoms with Gasteiger partial charge in [-0.05, 0) is 45.4 Å². The van der Waals surface area contributed by atoms with Crippen LogP contribution in [-0.4, -0.2) is 31.7 Å². The van der Waals surface area contributed by atoms with E-state index < -0.39 is 0 Å². The summed E-state index contributed by atoms with van der Waals surface area (Å²) < 4.78 is 5.56. The maximum Gasteiger partial charge on any atom is 0.253 e. The highest BCUT2D eigenvalue weighted by molar-refractivity contribution is 5.99. The summed E-state index contributed by atoms with van der Waals surface area (Å²) in [4.78, 5) is 12.2. The lowest BCUT2D eigenvalue weighted by Crippen LogP contribution is -2.40. The molecule has 19 heavy (non-hydrogen) atoms. The van der Waals surface area contributed by atoms with Crippen molar-refractivity contribution in [3.63, 3.8) is 0 Å². The minimum absolute atomic E-state index is 0.0860. The van der Waals surface area contributed by atoms with Crippen LogP contribution >= 0.6 is 0 Å². The largest absolute Gasteiger partial charge is 0.387 e. The molecule has 0 aliphatic carbocycles. The van der Waals surface area contributed by atoms with Gasteiger partial charge < -0.3 is 15.4 Å². The van der Waals surface area contributed by atoms with E-state index in [-0.39, 0.29) is 11.5 Å². The van der Waals surface area contributed by atoms with Gasteiger partial charge in [-0.25, -0.2) is 0 Å². The monoisotopic (exact) mass is 264 g/mol. The molecule has 1 rings (SSSR count). The van der Waals surface area contributed by atoms with E-state index in [2.05, 4.69) is 10.6 Å². The van der Waals surface area contributed by atoms with Crippen LogP contribution in [0.25, 0.3) is 0 Å². The van der Waals surface area contributed by atoms with Gasteiger partial charge in [0, 0.05) is 25.9 Å². The molecule has 0 unspecified atom stereocenters. The first-order chi connectivity index (χ1) is 8.89. The average Bonchev–Trinajstić information content (AvgIpc) is 2.35. The fourth-order valence-corrected chi connectivity index (χ4v) is 1.89. The predicted molar refractivity (Wildman–Crippen MR) is 78.8 cm³/mol. The highest BCUT2D eigenvalue weighted by Gasteiger charge is 2.19. The average molecular weight is 264 g/mol. The number of hydrogen-bond acceptors (Lipinski definition) is 3. The summed E-state index contributed by atoms with van der Waals surface area (Å²) >= 11 is 0. The lowest BCUT2D eigenvalue weighted by molar-refractivity contribution is -0.00815. The molecule has 0 saturated carbocycles. The third kappa shape index (κ3) is 4.56. The van der Waals surface area contributed by atoms with Crippen molar-refractivity contribution in [2.24, 2.45) is 0 Å². The van der Waals surface area contributed by atoms with E-state index in [0.717, 1.165) is 11.3 Å². The Labute approximate surface area is 115 Å². The van der Waals surface area contributed by atoms with Crippen molar-refractivity contribution in [1.29, 1.82) is 0 Å². The zero-order valence-electron chi connectivity index (χ0n) is 12.5. The van der Waals surface area contributed by atoms with Crippen molar-refractivity contribution in [2.45, 2.75) is 33.3 Å². The molecule has 2 N–H and O–H groups in total. The van der Waals surface area contributed by atoms with Gasteiger partial charge in [-0.2, -0.15) is 0 Å². The van der Waals surface area contributed by atoms with Crippen LogP contribution in [0.3, 0.4) is 0 Å². The molecule has 0 heterocycles. The molecule has 0 fully saturated rings. The van der Waals surface area contributed by atoms with Crippen molar-refractivity contribution >= 4 is 11.6 Å². The Morgan fingerprint density at radius 3 is 2.63 bits per heavy atom. The number of anilines is 1. The summed E-state index contributed by atoms with van der Waals surface area (Å²) in [6.45, 7) is 8.99. The molecule has 0 saturated heterocycles. The standard InChI is InChI=1S/C15H24N2O2/c1-6-19-15(3,4)10-17-14(18)12-8-7-11(2)9-13(12)16-5/h7-9,16H,6,10H2,1-5H3,(H,17,18). The van der Waals surface area contributed by atoms with E-state index in [9.17, 15) is 4.79 Å². The summed E-state index contributed by atoms with van der Waals surface area (Å²) in [6, 6.07) is 5.73. The second-order valence-corrected chi connectivity index (χ2v) is 5.17. The van der Waals surface area contributed by atoms with Gasteiger partial charge in [-0.3, -0.25) is 4.79 Å². The molecule has 0 aromatic heterocycles. The number of ether oxygens (including phenoxy) is 1. The Morgan fingerprint density at radius 1 is 1.37 bits per heavy atom. The normalized spacial score (nSPS) is 11.2. The van der Waals surface area contributed by atoms with E-state index >= 15 is 0 Å². The maximum absolute atomic E-state index is 12.2. The summed E-state index contributed by atoms with van der Waals surface area (Å²) in [7, 11) is 1.82. The summed E-state index contributed by atoms with van der Waals surface area (Å²) in [5.41, 5.74) is 2.26. The molecule has 106 valence electrons. The maximum atomic E-state index is 12.2. The Balaban J connectivity index is 2.74. The molecule has 0 aliphatic heterocycles. The van der Waals surface area contributed by atoms with Crippen LogP contribution in [0.2, 0.25) is 0 Å². The number of carbonyl (C=O) groups excluding carboxylic acids is 1. The van der Waals surface area contributed by atoms with Gasteiger partial charge in [0.2, 0.25) is 0 Å². The van der Waals surface area contributed by atoms with Gasteiger partial charge in [0.05, 0.1) is 11.2 Å². The molecule has 0 bridgehead atoms. The minimum atomic E-state index is -0.352. The molecular formula is C15H24N2O2. The first kappa shape index (κ1) is 15.5. The smallest absolute Gasteiger partial charge is 0.253 e. The third-order valence-electron chi connectivity index (χ3n) is 2.90. The summed E-state index contributed by atoms with van der Waals surface area (Å²) in [5, 5.41) is 5.96. The highest BCUT2D eigenvalue weighted by Crippen LogP contribution is 2.17. The quantitative estimate of drug-likeness (QED) is 0.830. The van der Waals surface area contributed by atoms with Crippen LogP contribution in [0, 0.1) is 6.92 Å². The van der Waals surface area contributed by atoms with Crippen LogP contribution in [0.5, 0.6) is 0 Å². The predicted octanol–water partition coefficient (Wildman–Crippen LogP) is 2.58.